The summed E-state index contributed by atoms with van der Waals surface area (Å²) in [5, 5.41) is 9.24. The fourth-order valence-electron chi connectivity index (χ4n) is 4.52. The molecule has 1 aliphatic rings. The molecule has 2 heterocycles. The van der Waals surface area contributed by atoms with Crippen LogP contribution in [-0.4, -0.2) is 31.7 Å². The molecule has 5 heteroatoms. The van der Waals surface area contributed by atoms with E-state index in [0.717, 1.165) is 44.0 Å². The Hall–Kier alpha value is -2.53. The zero-order valence-electron chi connectivity index (χ0n) is 18.3. The molecule has 158 valence electrons. The molecule has 0 saturated heterocycles. The highest BCUT2D eigenvalue weighted by Gasteiger charge is 2.26. The second-order valence-corrected chi connectivity index (χ2v) is 8.42. The number of pyridine rings is 1. The molecule has 5 nitrogen and oxygen atoms in total. The SMILES string of the molecule is CCCCCn1c(Cc2ccccc2)nnc1CN(C)C1CCCc2cccnc21. The highest BCUT2D eigenvalue weighted by Crippen LogP contribution is 2.32. The van der Waals surface area contributed by atoms with Crippen molar-refractivity contribution in [1.82, 2.24) is 24.6 Å². The van der Waals surface area contributed by atoms with Crippen LogP contribution in [-0.2, 0) is 25.9 Å². The van der Waals surface area contributed by atoms with Crippen LogP contribution in [0.15, 0.2) is 48.7 Å². The fourth-order valence-corrected chi connectivity index (χ4v) is 4.52. The van der Waals surface area contributed by atoms with Gasteiger partial charge >= 0.3 is 0 Å². The van der Waals surface area contributed by atoms with Crippen LogP contribution in [0.4, 0.5) is 0 Å². The molecule has 0 saturated carbocycles. The number of aromatic nitrogens is 4. The molecule has 1 unspecified atom stereocenters. The number of fused-ring (bicyclic) bond motifs is 1. The second-order valence-electron chi connectivity index (χ2n) is 8.42. The number of hydrogen-bond donors (Lipinski definition) is 0. The third kappa shape index (κ3) is 4.78. The van der Waals surface area contributed by atoms with Gasteiger partial charge in [0.1, 0.15) is 11.6 Å². The summed E-state index contributed by atoms with van der Waals surface area (Å²) in [4.78, 5) is 7.14. The van der Waals surface area contributed by atoms with Crippen molar-refractivity contribution in [3.8, 4) is 0 Å². The number of nitrogens with zero attached hydrogens (tertiary/aromatic N) is 5. The van der Waals surface area contributed by atoms with Crippen molar-refractivity contribution < 1.29 is 0 Å². The van der Waals surface area contributed by atoms with E-state index in [1.54, 1.807) is 0 Å². The lowest BCUT2D eigenvalue weighted by molar-refractivity contribution is 0.200. The Morgan fingerprint density at radius 3 is 2.70 bits per heavy atom. The van der Waals surface area contributed by atoms with Gasteiger partial charge < -0.3 is 4.57 Å². The molecule has 2 aromatic heterocycles. The Balaban J connectivity index is 1.54. The van der Waals surface area contributed by atoms with Gasteiger partial charge in [0.15, 0.2) is 0 Å². The van der Waals surface area contributed by atoms with Crippen LogP contribution >= 0.6 is 0 Å². The van der Waals surface area contributed by atoms with Crippen LogP contribution in [0, 0.1) is 0 Å². The van der Waals surface area contributed by atoms with Crippen molar-refractivity contribution in [2.75, 3.05) is 7.05 Å². The van der Waals surface area contributed by atoms with Crippen molar-refractivity contribution in [3.05, 3.63) is 77.1 Å². The van der Waals surface area contributed by atoms with E-state index in [4.69, 9.17) is 4.98 Å². The Kier molecular flexibility index (Phi) is 6.90. The smallest absolute Gasteiger partial charge is 0.147 e. The largest absolute Gasteiger partial charge is 0.314 e. The average Bonchev–Trinajstić information content (AvgIpc) is 3.15. The van der Waals surface area contributed by atoms with Gasteiger partial charge in [0.05, 0.1) is 18.3 Å². The lowest BCUT2D eigenvalue weighted by Gasteiger charge is -2.32. The van der Waals surface area contributed by atoms with E-state index < -0.39 is 0 Å². The van der Waals surface area contributed by atoms with E-state index in [2.05, 4.69) is 76.1 Å². The van der Waals surface area contributed by atoms with Crippen LogP contribution < -0.4 is 0 Å². The van der Waals surface area contributed by atoms with Crippen molar-refractivity contribution in [3.63, 3.8) is 0 Å². The zero-order valence-corrected chi connectivity index (χ0v) is 18.3. The molecule has 1 atom stereocenters. The van der Waals surface area contributed by atoms with E-state index in [0.29, 0.717) is 6.04 Å². The summed E-state index contributed by atoms with van der Waals surface area (Å²) in [5.74, 6) is 2.14. The molecule has 0 aliphatic heterocycles. The molecule has 3 aromatic rings. The Labute approximate surface area is 180 Å². The van der Waals surface area contributed by atoms with Gasteiger partial charge in [0.25, 0.3) is 0 Å². The third-order valence-corrected chi connectivity index (χ3v) is 6.18. The first-order chi connectivity index (χ1) is 14.8. The van der Waals surface area contributed by atoms with Crippen LogP contribution in [0.2, 0.25) is 0 Å². The van der Waals surface area contributed by atoms with Gasteiger partial charge in [-0.3, -0.25) is 9.88 Å². The first-order valence-corrected chi connectivity index (χ1v) is 11.3. The maximum absolute atomic E-state index is 4.72. The number of rotatable bonds is 9. The van der Waals surface area contributed by atoms with Crippen molar-refractivity contribution >= 4 is 0 Å². The summed E-state index contributed by atoms with van der Waals surface area (Å²) >= 11 is 0. The minimum atomic E-state index is 0.355. The van der Waals surface area contributed by atoms with Gasteiger partial charge in [-0.15, -0.1) is 10.2 Å². The minimum absolute atomic E-state index is 0.355. The van der Waals surface area contributed by atoms with Crippen molar-refractivity contribution in [2.45, 2.75) is 71.0 Å². The van der Waals surface area contributed by atoms with Crippen LogP contribution in [0.3, 0.4) is 0 Å². The number of unbranched alkanes of at least 4 members (excludes halogenated alkanes) is 2. The molecule has 30 heavy (non-hydrogen) atoms. The topological polar surface area (TPSA) is 46.8 Å². The van der Waals surface area contributed by atoms with E-state index in [9.17, 15) is 0 Å². The zero-order chi connectivity index (χ0) is 20.8. The highest BCUT2D eigenvalue weighted by molar-refractivity contribution is 5.25. The number of hydrogen-bond acceptors (Lipinski definition) is 4. The standard InChI is InChI=1S/C25H33N5/c1-3-4-8-17-30-23(18-20-11-6-5-7-12-20)27-28-24(30)19-29(2)22-15-9-13-21-14-10-16-26-25(21)22/h5-7,10-12,14,16,22H,3-4,8-9,13,15,17-19H2,1-2H3. The summed E-state index contributed by atoms with van der Waals surface area (Å²) in [5.41, 5.74) is 3.93. The molecular formula is C25H33N5. The lowest BCUT2D eigenvalue weighted by atomic mass is 9.91. The number of aryl methyl sites for hydroxylation is 1. The fraction of sp³-hybridized carbons (Fsp3) is 0.480. The first-order valence-electron chi connectivity index (χ1n) is 11.3. The summed E-state index contributed by atoms with van der Waals surface area (Å²) in [6.07, 6.45) is 9.89. The first kappa shape index (κ1) is 20.7. The van der Waals surface area contributed by atoms with Gasteiger partial charge in [0.2, 0.25) is 0 Å². The number of benzene rings is 1. The van der Waals surface area contributed by atoms with E-state index in [1.165, 1.54) is 42.5 Å². The minimum Gasteiger partial charge on any atom is -0.314 e. The van der Waals surface area contributed by atoms with Gasteiger partial charge in [-0.25, -0.2) is 0 Å². The highest BCUT2D eigenvalue weighted by atomic mass is 15.3. The van der Waals surface area contributed by atoms with Crippen molar-refractivity contribution in [2.24, 2.45) is 0 Å². The van der Waals surface area contributed by atoms with Crippen molar-refractivity contribution in [1.29, 1.82) is 0 Å². The monoisotopic (exact) mass is 403 g/mol. The predicted octanol–water partition coefficient (Wildman–Crippen LogP) is 4.96. The molecule has 0 spiro atoms. The molecule has 0 fully saturated rings. The molecule has 1 aromatic carbocycles. The Morgan fingerprint density at radius 2 is 1.87 bits per heavy atom. The predicted molar refractivity (Wildman–Crippen MR) is 120 cm³/mol. The third-order valence-electron chi connectivity index (χ3n) is 6.18. The molecule has 4 rings (SSSR count). The normalized spacial score (nSPS) is 16.0. The van der Waals surface area contributed by atoms with Crippen LogP contribution in [0.25, 0.3) is 0 Å². The van der Waals surface area contributed by atoms with E-state index in [-0.39, 0.29) is 0 Å². The molecule has 0 radical (unpaired) electrons. The van der Waals surface area contributed by atoms with E-state index >= 15 is 0 Å². The molecule has 0 amide bonds. The van der Waals surface area contributed by atoms with Crippen LogP contribution in [0.5, 0.6) is 0 Å². The van der Waals surface area contributed by atoms with Gasteiger partial charge in [-0.05, 0) is 49.9 Å². The van der Waals surface area contributed by atoms with E-state index in [1.807, 2.05) is 6.20 Å². The Bertz CT molecular complexity index is 934. The quantitative estimate of drug-likeness (QED) is 0.474. The summed E-state index contributed by atoms with van der Waals surface area (Å²) in [6, 6.07) is 15.2. The average molecular weight is 404 g/mol. The maximum Gasteiger partial charge on any atom is 0.147 e. The summed E-state index contributed by atoms with van der Waals surface area (Å²) < 4.78 is 2.36. The molecule has 1 aliphatic carbocycles. The van der Waals surface area contributed by atoms with Gasteiger partial charge in [-0.2, -0.15) is 0 Å². The maximum atomic E-state index is 4.72. The van der Waals surface area contributed by atoms with Gasteiger partial charge in [0, 0.05) is 19.2 Å². The van der Waals surface area contributed by atoms with Crippen LogP contribution in [0.1, 0.15) is 73.5 Å². The molecular weight excluding hydrogens is 370 g/mol. The second kappa shape index (κ2) is 9.98. The molecule has 0 N–H and O–H groups in total. The Morgan fingerprint density at radius 1 is 1.03 bits per heavy atom. The lowest BCUT2D eigenvalue weighted by Crippen LogP contribution is -2.29. The summed E-state index contributed by atoms with van der Waals surface area (Å²) in [7, 11) is 2.20. The summed E-state index contributed by atoms with van der Waals surface area (Å²) in [6.45, 7) is 4.04. The van der Waals surface area contributed by atoms with Gasteiger partial charge in [-0.1, -0.05) is 56.2 Å². The molecule has 0 bridgehead atoms.